The van der Waals surface area contributed by atoms with Gasteiger partial charge in [-0.05, 0) is 19.1 Å². The summed E-state index contributed by atoms with van der Waals surface area (Å²) in [5.41, 5.74) is -0.162. The molecule has 0 unspecified atom stereocenters. The Morgan fingerprint density at radius 3 is 2.93 bits per heavy atom. The van der Waals surface area contributed by atoms with Gasteiger partial charge in [0, 0.05) is 13.2 Å². The molecule has 0 spiro atoms. The molecule has 2 aromatic heterocycles. The first-order chi connectivity index (χ1) is 7.00. The second-order valence-electron chi connectivity index (χ2n) is 3.29. The van der Waals surface area contributed by atoms with Gasteiger partial charge in [0.25, 0.3) is 0 Å². The lowest BCUT2D eigenvalue weighted by Gasteiger charge is -2.03. The summed E-state index contributed by atoms with van der Waals surface area (Å²) in [5, 5.41) is 0.203. The van der Waals surface area contributed by atoms with Gasteiger partial charge in [0.1, 0.15) is 5.65 Å². The van der Waals surface area contributed by atoms with E-state index in [1.54, 1.807) is 7.05 Å². The number of rotatable bonds is 0. The van der Waals surface area contributed by atoms with Crippen LogP contribution in [0.2, 0.25) is 0 Å². The molecule has 2 aromatic rings. The number of nitrogens with zero attached hydrogens (tertiary/aromatic N) is 2. The lowest BCUT2D eigenvalue weighted by atomic mass is 10.3. The molecule has 0 aliphatic heterocycles. The normalized spacial score (nSPS) is 10.9. The Bertz CT molecular complexity index is 659. The molecule has 1 N–H and O–H groups in total. The van der Waals surface area contributed by atoms with Gasteiger partial charge >= 0.3 is 0 Å². The average Bonchev–Trinajstić information content (AvgIpc) is 2.19. The van der Waals surface area contributed by atoms with Gasteiger partial charge in [0.2, 0.25) is 10.2 Å². The lowest BCUT2D eigenvalue weighted by molar-refractivity contribution is 0.602. The number of hydrogen-bond donors (Lipinski definition) is 1. The quantitative estimate of drug-likeness (QED) is 0.690. The van der Waals surface area contributed by atoms with E-state index in [9.17, 15) is 9.18 Å². The zero-order valence-electron chi connectivity index (χ0n) is 8.17. The minimum Gasteiger partial charge on any atom is -0.341 e. The van der Waals surface area contributed by atoms with Crippen LogP contribution in [0.15, 0.2) is 11.0 Å². The van der Waals surface area contributed by atoms with Crippen LogP contribution in [0.1, 0.15) is 5.69 Å². The average molecular weight is 225 g/mol. The van der Waals surface area contributed by atoms with Crippen molar-refractivity contribution in [3.8, 4) is 0 Å². The molecule has 2 rings (SSSR count). The predicted octanol–water partition coefficient (Wildman–Crippen LogP) is 1.44. The largest absolute Gasteiger partial charge is 0.341 e. The summed E-state index contributed by atoms with van der Waals surface area (Å²) in [6.45, 7) is 1.48. The van der Waals surface area contributed by atoms with E-state index in [1.165, 1.54) is 17.7 Å². The van der Waals surface area contributed by atoms with Crippen molar-refractivity contribution < 1.29 is 4.39 Å². The maximum atomic E-state index is 13.3. The Labute approximate surface area is 89.4 Å². The molecular weight excluding hydrogens is 217 g/mol. The van der Waals surface area contributed by atoms with Crippen LogP contribution >= 0.6 is 12.2 Å². The van der Waals surface area contributed by atoms with Crippen LogP contribution in [0, 0.1) is 17.5 Å². The smallest absolute Gasteiger partial charge is 0.228 e. The molecule has 2 heterocycles. The minimum absolute atomic E-state index is 0.170. The first kappa shape index (κ1) is 9.97. The van der Waals surface area contributed by atoms with Crippen LogP contribution in [0.3, 0.4) is 0 Å². The van der Waals surface area contributed by atoms with E-state index in [2.05, 4.69) is 9.97 Å². The Balaban J connectivity index is 3.07. The van der Waals surface area contributed by atoms with E-state index in [0.29, 0.717) is 10.4 Å². The zero-order valence-corrected chi connectivity index (χ0v) is 8.98. The number of halogens is 1. The number of nitrogens with one attached hydrogen (secondary N) is 1. The SMILES string of the molecule is Cc1[nH]c2nc(=S)n(C)cc2c(=O)c1F. The third-order valence-electron chi connectivity index (χ3n) is 2.17. The Kier molecular flexibility index (Phi) is 2.15. The van der Waals surface area contributed by atoms with Gasteiger partial charge in [-0.25, -0.2) is 9.37 Å². The van der Waals surface area contributed by atoms with Crippen LogP contribution in [0.25, 0.3) is 11.0 Å². The van der Waals surface area contributed by atoms with Crippen LogP contribution < -0.4 is 5.43 Å². The van der Waals surface area contributed by atoms with Crippen LogP contribution in [-0.2, 0) is 7.05 Å². The van der Waals surface area contributed by atoms with E-state index in [4.69, 9.17) is 12.2 Å². The number of H-pyrrole nitrogens is 1. The second kappa shape index (κ2) is 3.23. The van der Waals surface area contributed by atoms with Gasteiger partial charge in [0.15, 0.2) is 5.82 Å². The highest BCUT2D eigenvalue weighted by Crippen LogP contribution is 2.07. The first-order valence-corrected chi connectivity index (χ1v) is 4.67. The lowest BCUT2D eigenvalue weighted by Crippen LogP contribution is -2.13. The molecule has 0 aromatic carbocycles. The summed E-state index contributed by atoms with van der Waals surface area (Å²) in [5.74, 6) is -0.776. The fourth-order valence-electron chi connectivity index (χ4n) is 1.33. The number of pyridine rings is 1. The van der Waals surface area contributed by atoms with Gasteiger partial charge in [-0.2, -0.15) is 0 Å². The third kappa shape index (κ3) is 1.46. The number of hydrogen-bond acceptors (Lipinski definition) is 3. The van der Waals surface area contributed by atoms with Crippen molar-refractivity contribution in [2.45, 2.75) is 6.92 Å². The molecule has 0 radical (unpaired) electrons. The molecule has 0 saturated carbocycles. The third-order valence-corrected chi connectivity index (χ3v) is 2.55. The van der Waals surface area contributed by atoms with Gasteiger partial charge in [-0.1, -0.05) is 0 Å². The monoisotopic (exact) mass is 225 g/mol. The molecule has 0 saturated heterocycles. The van der Waals surface area contributed by atoms with Crippen molar-refractivity contribution in [3.63, 3.8) is 0 Å². The topological polar surface area (TPSA) is 50.7 Å². The number of fused-ring (bicyclic) bond motifs is 1. The van der Waals surface area contributed by atoms with Gasteiger partial charge in [-0.15, -0.1) is 0 Å². The van der Waals surface area contributed by atoms with E-state index >= 15 is 0 Å². The summed E-state index contributed by atoms with van der Waals surface area (Å²) in [7, 11) is 1.66. The molecule has 0 fully saturated rings. The maximum Gasteiger partial charge on any atom is 0.228 e. The molecule has 15 heavy (non-hydrogen) atoms. The van der Waals surface area contributed by atoms with Crippen molar-refractivity contribution >= 4 is 23.3 Å². The fourth-order valence-corrected chi connectivity index (χ4v) is 1.47. The Morgan fingerprint density at radius 2 is 2.27 bits per heavy atom. The number of aromatic amines is 1. The predicted molar refractivity (Wildman–Crippen MR) is 56.9 cm³/mol. The van der Waals surface area contributed by atoms with Crippen molar-refractivity contribution in [2.24, 2.45) is 7.05 Å². The molecule has 0 aliphatic rings. The molecule has 0 aliphatic carbocycles. The van der Waals surface area contributed by atoms with E-state index in [0.717, 1.165) is 0 Å². The van der Waals surface area contributed by atoms with E-state index < -0.39 is 11.2 Å². The van der Waals surface area contributed by atoms with Crippen LogP contribution in [-0.4, -0.2) is 14.5 Å². The molecule has 4 nitrogen and oxygen atoms in total. The zero-order chi connectivity index (χ0) is 11.2. The standard InChI is InChI=1S/C9H8FN3OS/c1-4-6(10)7(14)5-3-13(2)9(15)12-8(5)11-4/h3H,1-2H3,(H,11,12,15). The number of aryl methyl sites for hydroxylation is 2. The maximum absolute atomic E-state index is 13.3. The fraction of sp³-hybridized carbons (Fsp3) is 0.222. The summed E-state index contributed by atoms with van der Waals surface area (Å²) in [4.78, 5) is 18.2. The minimum atomic E-state index is -0.776. The van der Waals surface area contributed by atoms with E-state index in [-0.39, 0.29) is 11.1 Å². The second-order valence-corrected chi connectivity index (χ2v) is 3.65. The van der Waals surface area contributed by atoms with Crippen molar-refractivity contribution in [1.29, 1.82) is 0 Å². The molecule has 0 amide bonds. The summed E-state index contributed by atoms with van der Waals surface area (Å²) < 4.78 is 15.1. The summed E-state index contributed by atoms with van der Waals surface area (Å²) in [6.07, 6.45) is 1.48. The highest BCUT2D eigenvalue weighted by atomic mass is 32.1. The highest BCUT2D eigenvalue weighted by molar-refractivity contribution is 7.71. The molecule has 78 valence electrons. The molecule has 0 atom stereocenters. The summed E-state index contributed by atoms with van der Waals surface area (Å²) in [6, 6.07) is 0. The summed E-state index contributed by atoms with van der Waals surface area (Å²) >= 11 is 4.94. The Hall–Kier alpha value is -1.56. The van der Waals surface area contributed by atoms with Crippen LogP contribution in [0.5, 0.6) is 0 Å². The van der Waals surface area contributed by atoms with Gasteiger partial charge in [0.05, 0.1) is 11.1 Å². The van der Waals surface area contributed by atoms with Crippen LogP contribution in [0.4, 0.5) is 4.39 Å². The van der Waals surface area contributed by atoms with Crippen molar-refractivity contribution in [3.05, 3.63) is 32.7 Å². The van der Waals surface area contributed by atoms with Crippen molar-refractivity contribution in [2.75, 3.05) is 0 Å². The Morgan fingerprint density at radius 1 is 1.60 bits per heavy atom. The number of aromatic nitrogens is 3. The molecule has 6 heteroatoms. The van der Waals surface area contributed by atoms with Crippen molar-refractivity contribution in [1.82, 2.24) is 14.5 Å². The highest BCUT2D eigenvalue weighted by Gasteiger charge is 2.09. The van der Waals surface area contributed by atoms with E-state index in [1.807, 2.05) is 0 Å². The van der Waals surface area contributed by atoms with Gasteiger partial charge < -0.3 is 9.55 Å². The molecule has 0 bridgehead atoms. The first-order valence-electron chi connectivity index (χ1n) is 4.26. The van der Waals surface area contributed by atoms with Gasteiger partial charge in [-0.3, -0.25) is 4.79 Å². The molecular formula is C9H8FN3OS.